The van der Waals surface area contributed by atoms with Crippen molar-refractivity contribution in [2.45, 2.75) is 52.4 Å². The number of hydrogen-bond acceptors (Lipinski definition) is 4. The first-order chi connectivity index (χ1) is 12.4. The van der Waals surface area contributed by atoms with Gasteiger partial charge in [-0.3, -0.25) is 19.2 Å². The van der Waals surface area contributed by atoms with Crippen molar-refractivity contribution in [2.75, 3.05) is 18.4 Å². The molecule has 0 saturated heterocycles. The van der Waals surface area contributed by atoms with Crippen LogP contribution in [0.2, 0.25) is 0 Å². The standard InChI is InChI=1S/C20H28N2O4/c1-16(23)12-14-22(15-13-17(2)24)20(26)11-7-6-10-19(25)21-18-8-4-3-5-9-18/h3-5,8-9H,6-7,10-15H2,1-2H3,(H,21,25). The van der Waals surface area contributed by atoms with Crippen LogP contribution in [0.25, 0.3) is 0 Å². The van der Waals surface area contributed by atoms with Crippen molar-refractivity contribution in [3.05, 3.63) is 30.3 Å². The highest BCUT2D eigenvalue weighted by Gasteiger charge is 2.14. The first kappa shape index (κ1) is 21.5. The van der Waals surface area contributed by atoms with E-state index in [9.17, 15) is 19.2 Å². The van der Waals surface area contributed by atoms with Gasteiger partial charge in [0.05, 0.1) is 0 Å². The van der Waals surface area contributed by atoms with Crippen molar-refractivity contribution in [1.29, 1.82) is 0 Å². The molecule has 0 aromatic heterocycles. The smallest absolute Gasteiger partial charge is 0.224 e. The lowest BCUT2D eigenvalue weighted by Gasteiger charge is -2.21. The molecule has 6 nitrogen and oxygen atoms in total. The molecule has 0 heterocycles. The maximum atomic E-state index is 12.3. The van der Waals surface area contributed by atoms with Gasteiger partial charge in [-0.15, -0.1) is 0 Å². The van der Waals surface area contributed by atoms with Gasteiger partial charge in [-0.25, -0.2) is 0 Å². The van der Waals surface area contributed by atoms with Crippen LogP contribution >= 0.6 is 0 Å². The minimum atomic E-state index is -0.0753. The third-order valence-electron chi connectivity index (χ3n) is 3.92. The molecule has 26 heavy (non-hydrogen) atoms. The van der Waals surface area contributed by atoms with Crippen molar-refractivity contribution in [2.24, 2.45) is 0 Å². The van der Waals surface area contributed by atoms with Crippen LogP contribution in [0.1, 0.15) is 52.4 Å². The van der Waals surface area contributed by atoms with Crippen molar-refractivity contribution >= 4 is 29.1 Å². The topological polar surface area (TPSA) is 83.6 Å². The van der Waals surface area contributed by atoms with Gasteiger partial charge in [0.15, 0.2) is 0 Å². The van der Waals surface area contributed by atoms with Crippen LogP contribution in [0.5, 0.6) is 0 Å². The van der Waals surface area contributed by atoms with Gasteiger partial charge in [0.25, 0.3) is 0 Å². The maximum Gasteiger partial charge on any atom is 0.224 e. The van der Waals surface area contributed by atoms with Gasteiger partial charge < -0.3 is 10.2 Å². The number of ketones is 2. The third kappa shape index (κ3) is 9.71. The summed E-state index contributed by atoms with van der Waals surface area (Å²) in [7, 11) is 0. The van der Waals surface area contributed by atoms with E-state index in [0.29, 0.717) is 51.6 Å². The van der Waals surface area contributed by atoms with Gasteiger partial charge in [0, 0.05) is 44.5 Å². The Morgan fingerprint density at radius 2 is 1.35 bits per heavy atom. The number of nitrogens with one attached hydrogen (secondary N) is 1. The summed E-state index contributed by atoms with van der Waals surface area (Å²) < 4.78 is 0. The summed E-state index contributed by atoms with van der Waals surface area (Å²) in [6, 6.07) is 9.23. The molecule has 0 aliphatic carbocycles. The molecule has 1 N–H and O–H groups in total. The normalized spacial score (nSPS) is 10.2. The van der Waals surface area contributed by atoms with Crippen LogP contribution in [0.4, 0.5) is 5.69 Å². The van der Waals surface area contributed by atoms with Gasteiger partial charge in [-0.1, -0.05) is 18.2 Å². The summed E-state index contributed by atoms with van der Waals surface area (Å²) in [5.74, 6) is -0.115. The highest BCUT2D eigenvalue weighted by molar-refractivity contribution is 5.90. The van der Waals surface area contributed by atoms with Crippen molar-refractivity contribution in [3.63, 3.8) is 0 Å². The van der Waals surface area contributed by atoms with Gasteiger partial charge in [-0.05, 0) is 38.8 Å². The molecule has 6 heteroatoms. The van der Waals surface area contributed by atoms with Crippen molar-refractivity contribution in [1.82, 2.24) is 4.90 Å². The molecule has 0 atom stereocenters. The van der Waals surface area contributed by atoms with E-state index in [-0.39, 0.29) is 23.4 Å². The third-order valence-corrected chi connectivity index (χ3v) is 3.92. The molecule has 142 valence electrons. The van der Waals surface area contributed by atoms with E-state index in [0.717, 1.165) is 5.69 Å². The van der Waals surface area contributed by atoms with Crippen LogP contribution in [0.3, 0.4) is 0 Å². The second kappa shape index (κ2) is 12.0. The lowest BCUT2D eigenvalue weighted by atomic mass is 10.1. The van der Waals surface area contributed by atoms with Crippen molar-refractivity contribution in [3.8, 4) is 0 Å². The minimum absolute atomic E-state index is 0.0169. The van der Waals surface area contributed by atoms with E-state index in [1.54, 1.807) is 4.90 Å². The number of carbonyl (C=O) groups is 4. The minimum Gasteiger partial charge on any atom is -0.342 e. The fraction of sp³-hybridized carbons (Fsp3) is 0.500. The molecule has 1 aromatic carbocycles. The summed E-state index contributed by atoms with van der Waals surface area (Å²) in [6.45, 7) is 3.66. The summed E-state index contributed by atoms with van der Waals surface area (Å²) in [6.07, 6.45) is 2.46. The number of rotatable bonds is 12. The number of anilines is 1. The molecule has 0 aliphatic heterocycles. The Labute approximate surface area is 154 Å². The Hall–Kier alpha value is -2.50. The van der Waals surface area contributed by atoms with E-state index < -0.39 is 0 Å². The lowest BCUT2D eigenvalue weighted by molar-refractivity contribution is -0.132. The second-order valence-electron chi connectivity index (χ2n) is 6.41. The Bertz CT molecular complexity index is 595. The number of para-hydroxylation sites is 1. The van der Waals surface area contributed by atoms with E-state index >= 15 is 0 Å². The fourth-order valence-electron chi connectivity index (χ4n) is 2.41. The first-order valence-corrected chi connectivity index (χ1v) is 9.00. The molecule has 0 radical (unpaired) electrons. The summed E-state index contributed by atoms with van der Waals surface area (Å²) >= 11 is 0. The van der Waals surface area contributed by atoms with E-state index in [1.807, 2.05) is 30.3 Å². The highest BCUT2D eigenvalue weighted by atomic mass is 16.2. The Morgan fingerprint density at radius 3 is 1.88 bits per heavy atom. The Kier molecular flexibility index (Phi) is 9.90. The zero-order chi connectivity index (χ0) is 19.4. The van der Waals surface area contributed by atoms with Crippen LogP contribution in [0, 0.1) is 0 Å². The van der Waals surface area contributed by atoms with E-state index in [2.05, 4.69) is 5.32 Å². The van der Waals surface area contributed by atoms with Crippen LogP contribution in [0.15, 0.2) is 30.3 Å². The van der Waals surface area contributed by atoms with Gasteiger partial charge in [0.1, 0.15) is 11.6 Å². The average Bonchev–Trinajstić information content (AvgIpc) is 2.59. The summed E-state index contributed by atoms with van der Waals surface area (Å²) in [5.41, 5.74) is 0.758. The number of hydrogen-bond donors (Lipinski definition) is 1. The monoisotopic (exact) mass is 360 g/mol. The molecule has 2 amide bonds. The number of nitrogens with zero attached hydrogens (tertiary/aromatic N) is 1. The van der Waals surface area contributed by atoms with Gasteiger partial charge in [-0.2, -0.15) is 0 Å². The second-order valence-corrected chi connectivity index (χ2v) is 6.41. The number of Topliss-reactive ketones (excluding diaryl/α,β-unsaturated/α-hetero) is 2. The number of unbranched alkanes of at least 4 members (excludes halogenated alkanes) is 1. The molecular formula is C20H28N2O4. The van der Waals surface area contributed by atoms with E-state index in [1.165, 1.54) is 13.8 Å². The zero-order valence-electron chi connectivity index (χ0n) is 15.6. The predicted molar refractivity (Wildman–Crippen MR) is 101 cm³/mol. The molecule has 0 bridgehead atoms. The van der Waals surface area contributed by atoms with E-state index in [4.69, 9.17) is 0 Å². The first-order valence-electron chi connectivity index (χ1n) is 9.00. The molecule has 1 rings (SSSR count). The molecule has 0 aliphatic rings. The molecule has 1 aromatic rings. The van der Waals surface area contributed by atoms with Gasteiger partial charge >= 0.3 is 0 Å². The molecule has 0 unspecified atom stereocenters. The lowest BCUT2D eigenvalue weighted by Crippen LogP contribution is -2.34. The highest BCUT2D eigenvalue weighted by Crippen LogP contribution is 2.09. The maximum absolute atomic E-state index is 12.3. The molecule has 0 fully saturated rings. The number of benzene rings is 1. The molecular weight excluding hydrogens is 332 g/mol. The SMILES string of the molecule is CC(=O)CCN(CCC(C)=O)C(=O)CCCCC(=O)Nc1ccccc1. The van der Waals surface area contributed by atoms with Crippen LogP contribution in [-0.4, -0.2) is 41.4 Å². The fourth-order valence-corrected chi connectivity index (χ4v) is 2.41. The Balaban J connectivity index is 2.32. The van der Waals surface area contributed by atoms with Crippen LogP contribution < -0.4 is 5.32 Å². The summed E-state index contributed by atoms with van der Waals surface area (Å²) in [4.78, 5) is 48.0. The van der Waals surface area contributed by atoms with Crippen LogP contribution in [-0.2, 0) is 19.2 Å². The Morgan fingerprint density at radius 1 is 0.808 bits per heavy atom. The van der Waals surface area contributed by atoms with Gasteiger partial charge in [0.2, 0.25) is 11.8 Å². The predicted octanol–water partition coefficient (Wildman–Crippen LogP) is 2.97. The van der Waals surface area contributed by atoms with Crippen molar-refractivity contribution < 1.29 is 19.2 Å². The number of carbonyl (C=O) groups excluding carboxylic acids is 4. The quantitative estimate of drug-likeness (QED) is 0.581. The largest absolute Gasteiger partial charge is 0.342 e. The molecule has 0 spiro atoms. The number of amides is 2. The average molecular weight is 360 g/mol. The zero-order valence-corrected chi connectivity index (χ0v) is 15.6. The summed E-state index contributed by atoms with van der Waals surface area (Å²) in [5, 5.41) is 2.81. The molecule has 0 saturated carbocycles.